The largest absolute Gasteiger partial charge is 0.382 e. The Bertz CT molecular complexity index is 299. The zero-order chi connectivity index (χ0) is 12.5. The Morgan fingerprint density at radius 3 is 2.88 bits per heavy atom. The zero-order valence-electron chi connectivity index (χ0n) is 11.1. The van der Waals surface area contributed by atoms with E-state index in [4.69, 9.17) is 9.47 Å². The van der Waals surface area contributed by atoms with Crippen LogP contribution in [-0.2, 0) is 22.6 Å². The second kappa shape index (κ2) is 8.28. The molecule has 1 N–H and O–H groups in total. The summed E-state index contributed by atoms with van der Waals surface area (Å²) in [6.45, 7) is 5.58. The van der Waals surface area contributed by atoms with E-state index in [9.17, 15) is 0 Å². The maximum atomic E-state index is 5.28. The van der Waals surface area contributed by atoms with Crippen LogP contribution in [0.3, 0.4) is 0 Å². The molecule has 4 nitrogen and oxygen atoms in total. The Morgan fingerprint density at radius 2 is 2.24 bits per heavy atom. The van der Waals surface area contributed by atoms with Gasteiger partial charge in [0.25, 0.3) is 0 Å². The van der Waals surface area contributed by atoms with Gasteiger partial charge in [-0.05, 0) is 18.1 Å². The average Bonchev–Trinajstić information content (AvgIpc) is 2.76. The highest BCUT2D eigenvalue weighted by Gasteiger charge is 2.05. The number of rotatable bonds is 9. The topological polar surface area (TPSA) is 35.4 Å². The molecule has 0 aliphatic carbocycles. The van der Waals surface area contributed by atoms with Crippen LogP contribution >= 0.6 is 0 Å². The van der Waals surface area contributed by atoms with Crippen molar-refractivity contribution < 1.29 is 9.47 Å². The molecule has 1 atom stereocenters. The molecule has 1 rings (SSSR count). The number of nitrogens with zero attached hydrogens (tertiary/aromatic N) is 1. The lowest BCUT2D eigenvalue weighted by molar-refractivity contribution is 0.0288. The van der Waals surface area contributed by atoms with E-state index in [-0.39, 0.29) is 6.10 Å². The van der Waals surface area contributed by atoms with Crippen LogP contribution in [-0.4, -0.2) is 38.0 Å². The van der Waals surface area contributed by atoms with Gasteiger partial charge in [0.05, 0.1) is 12.7 Å². The molecule has 98 valence electrons. The molecule has 17 heavy (non-hydrogen) atoms. The third-order valence-corrected chi connectivity index (χ3v) is 2.68. The minimum atomic E-state index is 0.123. The summed E-state index contributed by atoms with van der Waals surface area (Å²) >= 11 is 0. The molecule has 0 bridgehead atoms. The number of ether oxygens (including phenoxy) is 2. The van der Waals surface area contributed by atoms with Gasteiger partial charge in [-0.3, -0.25) is 0 Å². The summed E-state index contributed by atoms with van der Waals surface area (Å²) in [5.41, 5.74) is 1.31. The number of hydrogen-bond donors (Lipinski definition) is 1. The smallest absolute Gasteiger partial charge is 0.0928 e. The summed E-state index contributed by atoms with van der Waals surface area (Å²) in [5, 5.41) is 3.37. The third kappa shape index (κ3) is 5.35. The van der Waals surface area contributed by atoms with Gasteiger partial charge in [0, 0.05) is 46.2 Å². The summed E-state index contributed by atoms with van der Waals surface area (Å²) < 4.78 is 12.6. The first kappa shape index (κ1) is 14.2. The average molecular weight is 240 g/mol. The molecular weight excluding hydrogens is 216 g/mol. The molecule has 1 aromatic heterocycles. The zero-order valence-corrected chi connectivity index (χ0v) is 11.1. The van der Waals surface area contributed by atoms with Crippen molar-refractivity contribution in [2.24, 2.45) is 0 Å². The predicted molar refractivity (Wildman–Crippen MR) is 69.1 cm³/mol. The van der Waals surface area contributed by atoms with Crippen molar-refractivity contribution >= 4 is 0 Å². The summed E-state index contributed by atoms with van der Waals surface area (Å²) in [5.74, 6) is 0. The lowest BCUT2D eigenvalue weighted by Crippen LogP contribution is -2.31. The van der Waals surface area contributed by atoms with Crippen LogP contribution < -0.4 is 5.32 Å². The summed E-state index contributed by atoms with van der Waals surface area (Å²) in [6.07, 6.45) is 5.61. The van der Waals surface area contributed by atoms with E-state index in [0.29, 0.717) is 6.61 Å². The van der Waals surface area contributed by atoms with Gasteiger partial charge in [-0.1, -0.05) is 6.92 Å². The van der Waals surface area contributed by atoms with Crippen molar-refractivity contribution in [1.29, 1.82) is 0 Å². The van der Waals surface area contributed by atoms with E-state index in [0.717, 1.165) is 19.6 Å². The van der Waals surface area contributed by atoms with Gasteiger partial charge in [0.2, 0.25) is 0 Å². The number of nitrogens with one attached hydrogen (secondary N) is 1. The SMILES string of the molecule is CCCn1ccc(CNCC(COC)OC)c1. The summed E-state index contributed by atoms with van der Waals surface area (Å²) in [6, 6.07) is 2.15. The lowest BCUT2D eigenvalue weighted by Gasteiger charge is -2.14. The van der Waals surface area contributed by atoms with Gasteiger partial charge in [0.1, 0.15) is 0 Å². The maximum Gasteiger partial charge on any atom is 0.0928 e. The molecule has 0 aromatic carbocycles. The van der Waals surface area contributed by atoms with Crippen LogP contribution in [0.1, 0.15) is 18.9 Å². The fourth-order valence-corrected chi connectivity index (χ4v) is 1.77. The number of aryl methyl sites for hydroxylation is 1. The highest BCUT2D eigenvalue weighted by molar-refractivity contribution is 5.09. The summed E-state index contributed by atoms with van der Waals surface area (Å²) in [7, 11) is 3.40. The normalized spacial score (nSPS) is 12.9. The number of methoxy groups -OCH3 is 2. The first-order valence-electron chi connectivity index (χ1n) is 6.17. The Kier molecular flexibility index (Phi) is 6.93. The van der Waals surface area contributed by atoms with Gasteiger partial charge in [0.15, 0.2) is 0 Å². The minimum Gasteiger partial charge on any atom is -0.382 e. The molecular formula is C13H24N2O2. The Morgan fingerprint density at radius 1 is 1.41 bits per heavy atom. The second-order valence-electron chi connectivity index (χ2n) is 4.20. The molecule has 0 radical (unpaired) electrons. The predicted octanol–water partition coefficient (Wildman–Crippen LogP) is 1.65. The summed E-state index contributed by atoms with van der Waals surface area (Å²) in [4.78, 5) is 0. The van der Waals surface area contributed by atoms with Crippen molar-refractivity contribution in [2.45, 2.75) is 32.5 Å². The van der Waals surface area contributed by atoms with Gasteiger partial charge < -0.3 is 19.4 Å². The molecule has 0 fully saturated rings. The van der Waals surface area contributed by atoms with Crippen LogP contribution in [0.2, 0.25) is 0 Å². The van der Waals surface area contributed by atoms with E-state index in [2.05, 4.69) is 35.3 Å². The highest BCUT2D eigenvalue weighted by Crippen LogP contribution is 2.02. The van der Waals surface area contributed by atoms with Crippen molar-refractivity contribution in [3.05, 3.63) is 24.0 Å². The van der Waals surface area contributed by atoms with E-state index in [1.165, 1.54) is 12.0 Å². The Hall–Kier alpha value is -0.840. The standard InChI is InChI=1S/C13H24N2O2/c1-4-6-15-7-5-12(10-15)8-14-9-13(17-3)11-16-2/h5,7,10,13-14H,4,6,8-9,11H2,1-3H3. The van der Waals surface area contributed by atoms with Gasteiger partial charge in [-0.25, -0.2) is 0 Å². The van der Waals surface area contributed by atoms with Crippen LogP contribution in [0.5, 0.6) is 0 Å². The molecule has 0 aliphatic rings. The highest BCUT2D eigenvalue weighted by atomic mass is 16.5. The van der Waals surface area contributed by atoms with Crippen molar-refractivity contribution in [3.63, 3.8) is 0 Å². The molecule has 1 aromatic rings. The molecule has 1 unspecified atom stereocenters. The molecule has 0 spiro atoms. The van der Waals surface area contributed by atoms with Crippen molar-refractivity contribution in [2.75, 3.05) is 27.4 Å². The van der Waals surface area contributed by atoms with E-state index < -0.39 is 0 Å². The second-order valence-corrected chi connectivity index (χ2v) is 4.20. The first-order chi connectivity index (χ1) is 8.30. The van der Waals surface area contributed by atoms with Gasteiger partial charge in [-0.2, -0.15) is 0 Å². The van der Waals surface area contributed by atoms with E-state index >= 15 is 0 Å². The third-order valence-electron chi connectivity index (χ3n) is 2.68. The molecule has 0 amide bonds. The number of aromatic nitrogens is 1. The monoisotopic (exact) mass is 240 g/mol. The molecule has 4 heteroatoms. The minimum absolute atomic E-state index is 0.123. The van der Waals surface area contributed by atoms with Crippen LogP contribution in [0.4, 0.5) is 0 Å². The lowest BCUT2D eigenvalue weighted by atomic mass is 10.3. The van der Waals surface area contributed by atoms with E-state index in [1.54, 1.807) is 14.2 Å². The fourth-order valence-electron chi connectivity index (χ4n) is 1.77. The molecule has 1 heterocycles. The molecule has 0 saturated heterocycles. The van der Waals surface area contributed by atoms with Crippen molar-refractivity contribution in [1.82, 2.24) is 9.88 Å². The van der Waals surface area contributed by atoms with Gasteiger partial charge in [-0.15, -0.1) is 0 Å². The Labute approximate surface area is 104 Å². The van der Waals surface area contributed by atoms with E-state index in [1.807, 2.05) is 0 Å². The van der Waals surface area contributed by atoms with Crippen molar-refractivity contribution in [3.8, 4) is 0 Å². The maximum absolute atomic E-state index is 5.28. The molecule has 0 aliphatic heterocycles. The fraction of sp³-hybridized carbons (Fsp3) is 0.692. The van der Waals surface area contributed by atoms with Gasteiger partial charge >= 0.3 is 0 Å². The van der Waals surface area contributed by atoms with Crippen LogP contribution in [0.25, 0.3) is 0 Å². The van der Waals surface area contributed by atoms with Crippen LogP contribution in [0.15, 0.2) is 18.5 Å². The quantitative estimate of drug-likeness (QED) is 0.713. The first-order valence-corrected chi connectivity index (χ1v) is 6.17. The van der Waals surface area contributed by atoms with Crippen LogP contribution in [0, 0.1) is 0 Å². The Balaban J connectivity index is 2.24. The number of hydrogen-bond acceptors (Lipinski definition) is 3. The molecule has 0 saturated carbocycles.